The Morgan fingerprint density at radius 3 is 2.65 bits per heavy atom. The van der Waals surface area contributed by atoms with Crippen molar-refractivity contribution in [2.75, 3.05) is 32.8 Å². The first-order valence-corrected chi connectivity index (χ1v) is 9.75. The molecule has 3 heterocycles. The van der Waals surface area contributed by atoms with Crippen LogP contribution in [0.4, 0.5) is 0 Å². The van der Waals surface area contributed by atoms with Crippen molar-refractivity contribution in [1.82, 2.24) is 14.8 Å². The topological polar surface area (TPSA) is 62.7 Å². The van der Waals surface area contributed by atoms with Gasteiger partial charge in [0.25, 0.3) is 5.91 Å². The van der Waals surface area contributed by atoms with Crippen molar-refractivity contribution in [2.45, 2.75) is 18.9 Å². The highest BCUT2D eigenvalue weighted by atomic mass is 32.1. The van der Waals surface area contributed by atoms with E-state index in [1.165, 1.54) is 0 Å². The molecule has 2 amide bonds. The van der Waals surface area contributed by atoms with Crippen LogP contribution in [0.5, 0.6) is 0 Å². The predicted octanol–water partition coefficient (Wildman–Crippen LogP) is 2.16. The number of rotatable bonds is 3. The second-order valence-electron chi connectivity index (χ2n) is 6.51. The van der Waals surface area contributed by atoms with Gasteiger partial charge in [0.05, 0.1) is 10.2 Å². The number of nitrogens with zero attached hydrogens (tertiary/aromatic N) is 3. The van der Waals surface area contributed by atoms with Gasteiger partial charge in [-0.1, -0.05) is 12.1 Å². The maximum absolute atomic E-state index is 12.4. The maximum atomic E-state index is 12.4. The van der Waals surface area contributed by atoms with E-state index in [2.05, 4.69) is 4.98 Å². The summed E-state index contributed by atoms with van der Waals surface area (Å²) in [5, 5.41) is 0.826. The lowest BCUT2D eigenvalue weighted by molar-refractivity contribution is -0.144. The van der Waals surface area contributed by atoms with E-state index in [-0.39, 0.29) is 17.9 Å². The third-order valence-electron chi connectivity index (χ3n) is 4.79. The number of piperazine rings is 1. The molecular formula is C19H21N3O3S. The van der Waals surface area contributed by atoms with E-state index < -0.39 is 0 Å². The van der Waals surface area contributed by atoms with Gasteiger partial charge in [-0.3, -0.25) is 9.59 Å². The summed E-state index contributed by atoms with van der Waals surface area (Å²) >= 11 is 1.57. The van der Waals surface area contributed by atoms with Crippen LogP contribution in [0, 0.1) is 0 Å². The molecule has 136 valence electrons. The van der Waals surface area contributed by atoms with Crippen LogP contribution in [0.1, 0.15) is 17.8 Å². The average Bonchev–Trinajstić information content (AvgIpc) is 3.35. The zero-order valence-electron chi connectivity index (χ0n) is 14.5. The third kappa shape index (κ3) is 3.64. The van der Waals surface area contributed by atoms with Gasteiger partial charge in [0.1, 0.15) is 11.1 Å². The van der Waals surface area contributed by atoms with Crippen LogP contribution < -0.4 is 0 Å². The number of ether oxygens (including phenoxy) is 1. The molecular weight excluding hydrogens is 350 g/mol. The molecule has 4 rings (SSSR count). The molecule has 0 N–H and O–H groups in total. The Hall–Kier alpha value is -2.25. The van der Waals surface area contributed by atoms with Crippen molar-refractivity contribution < 1.29 is 14.3 Å². The molecule has 2 saturated heterocycles. The first kappa shape index (κ1) is 17.2. The fourth-order valence-electron chi connectivity index (χ4n) is 3.33. The van der Waals surface area contributed by atoms with Crippen molar-refractivity contribution in [1.29, 1.82) is 0 Å². The third-order valence-corrected chi connectivity index (χ3v) is 5.79. The Bertz CT molecular complexity index is 800. The summed E-state index contributed by atoms with van der Waals surface area (Å²) in [5.74, 6) is 0.0353. The maximum Gasteiger partial charge on any atom is 0.251 e. The molecule has 0 spiro atoms. The highest BCUT2D eigenvalue weighted by molar-refractivity contribution is 7.19. The van der Waals surface area contributed by atoms with Gasteiger partial charge in [0.2, 0.25) is 5.91 Å². The minimum absolute atomic E-state index is 0.0338. The fourth-order valence-corrected chi connectivity index (χ4v) is 4.20. The Morgan fingerprint density at radius 2 is 1.92 bits per heavy atom. The number of fused-ring (bicyclic) bond motifs is 1. The van der Waals surface area contributed by atoms with Crippen LogP contribution in [0.15, 0.2) is 30.3 Å². The number of hydrogen-bond acceptors (Lipinski definition) is 5. The summed E-state index contributed by atoms with van der Waals surface area (Å²) < 4.78 is 6.58. The minimum atomic E-state index is -0.281. The van der Waals surface area contributed by atoms with Crippen LogP contribution in [-0.4, -0.2) is 65.5 Å². The van der Waals surface area contributed by atoms with E-state index in [9.17, 15) is 9.59 Å². The lowest BCUT2D eigenvalue weighted by atomic mass is 10.2. The predicted molar refractivity (Wildman–Crippen MR) is 101 cm³/mol. The minimum Gasteiger partial charge on any atom is -0.368 e. The summed E-state index contributed by atoms with van der Waals surface area (Å²) in [4.78, 5) is 32.9. The highest BCUT2D eigenvalue weighted by Gasteiger charge is 2.30. The second-order valence-corrected chi connectivity index (χ2v) is 7.57. The standard InChI is InChI=1S/C19H21N3O3S/c23-18(8-7-17-20-14-4-1-2-6-16(14)26-17)21-9-11-22(12-10-21)19(24)15-5-3-13-25-15/h1-2,4,6-8,15H,3,5,9-13H2/b8-7+. The lowest BCUT2D eigenvalue weighted by Crippen LogP contribution is -2.52. The van der Waals surface area contributed by atoms with Crippen LogP contribution >= 0.6 is 11.3 Å². The van der Waals surface area contributed by atoms with Crippen LogP contribution in [0.3, 0.4) is 0 Å². The largest absolute Gasteiger partial charge is 0.368 e. The van der Waals surface area contributed by atoms with E-state index in [1.54, 1.807) is 28.4 Å². The van der Waals surface area contributed by atoms with Gasteiger partial charge in [0, 0.05) is 38.9 Å². The van der Waals surface area contributed by atoms with Crippen molar-refractivity contribution in [3.05, 3.63) is 35.3 Å². The summed E-state index contributed by atoms with van der Waals surface area (Å²) in [6.07, 6.45) is 4.83. The number of amides is 2. The lowest BCUT2D eigenvalue weighted by Gasteiger charge is -2.35. The zero-order valence-corrected chi connectivity index (χ0v) is 15.3. The van der Waals surface area contributed by atoms with E-state index >= 15 is 0 Å². The number of hydrogen-bond donors (Lipinski definition) is 0. The normalized spacial score (nSPS) is 21.0. The fraction of sp³-hybridized carbons (Fsp3) is 0.421. The van der Waals surface area contributed by atoms with Gasteiger partial charge in [-0.25, -0.2) is 4.98 Å². The van der Waals surface area contributed by atoms with Gasteiger partial charge in [0.15, 0.2) is 0 Å². The monoisotopic (exact) mass is 371 g/mol. The Labute approximate surface area is 156 Å². The summed E-state index contributed by atoms with van der Waals surface area (Å²) in [6, 6.07) is 7.93. The Morgan fingerprint density at radius 1 is 1.15 bits per heavy atom. The molecule has 2 fully saturated rings. The molecule has 1 aromatic carbocycles. The Balaban J connectivity index is 1.32. The molecule has 1 aromatic heterocycles. The molecule has 1 unspecified atom stereocenters. The average molecular weight is 371 g/mol. The second kappa shape index (κ2) is 7.55. The first-order valence-electron chi connectivity index (χ1n) is 8.94. The van der Waals surface area contributed by atoms with Crippen LogP contribution in [0.25, 0.3) is 16.3 Å². The van der Waals surface area contributed by atoms with Gasteiger partial charge < -0.3 is 14.5 Å². The molecule has 7 heteroatoms. The molecule has 26 heavy (non-hydrogen) atoms. The summed E-state index contributed by atoms with van der Waals surface area (Å²) in [7, 11) is 0. The number of carbonyl (C=O) groups is 2. The van der Waals surface area contributed by atoms with Gasteiger partial charge in [-0.05, 0) is 31.1 Å². The van der Waals surface area contributed by atoms with Gasteiger partial charge in [-0.15, -0.1) is 11.3 Å². The summed E-state index contributed by atoms with van der Waals surface area (Å²) in [5.41, 5.74) is 0.950. The highest BCUT2D eigenvalue weighted by Crippen LogP contribution is 2.22. The molecule has 2 aliphatic heterocycles. The number of para-hydroxylation sites is 1. The molecule has 2 aliphatic rings. The smallest absolute Gasteiger partial charge is 0.251 e. The molecule has 0 radical (unpaired) electrons. The first-order chi connectivity index (χ1) is 12.7. The van der Waals surface area contributed by atoms with Crippen LogP contribution in [0.2, 0.25) is 0 Å². The zero-order chi connectivity index (χ0) is 17.9. The molecule has 6 nitrogen and oxygen atoms in total. The van der Waals surface area contributed by atoms with Crippen molar-refractivity contribution >= 4 is 39.4 Å². The van der Waals surface area contributed by atoms with E-state index in [1.807, 2.05) is 29.2 Å². The molecule has 0 bridgehead atoms. The SMILES string of the molecule is O=C(/C=C/c1nc2ccccc2s1)N1CCN(C(=O)C2CCCO2)CC1. The Kier molecular flexibility index (Phi) is 4.99. The molecule has 0 saturated carbocycles. The molecule has 0 aliphatic carbocycles. The quantitative estimate of drug-likeness (QED) is 0.776. The number of thiazole rings is 1. The van der Waals surface area contributed by atoms with Crippen molar-refractivity contribution in [3.63, 3.8) is 0 Å². The van der Waals surface area contributed by atoms with Crippen LogP contribution in [-0.2, 0) is 14.3 Å². The van der Waals surface area contributed by atoms with Crippen molar-refractivity contribution in [2.24, 2.45) is 0 Å². The van der Waals surface area contributed by atoms with Crippen molar-refractivity contribution in [3.8, 4) is 0 Å². The van der Waals surface area contributed by atoms with Gasteiger partial charge in [-0.2, -0.15) is 0 Å². The van der Waals surface area contributed by atoms with Gasteiger partial charge >= 0.3 is 0 Å². The number of benzene rings is 1. The van der Waals surface area contributed by atoms with E-state index in [0.29, 0.717) is 32.8 Å². The van der Waals surface area contributed by atoms with E-state index in [4.69, 9.17) is 4.74 Å². The molecule has 2 aromatic rings. The molecule has 1 atom stereocenters. The summed E-state index contributed by atoms with van der Waals surface area (Å²) in [6.45, 7) is 2.92. The number of aromatic nitrogens is 1. The number of carbonyl (C=O) groups excluding carboxylic acids is 2. The van der Waals surface area contributed by atoms with E-state index in [0.717, 1.165) is 28.1 Å².